The number of halogens is 6. The number of fused-ring (bicyclic) bond motifs is 6. The number of carbonyl (C=O) groups is 1. The van der Waals surface area contributed by atoms with Gasteiger partial charge in [-0.2, -0.15) is 0 Å². The summed E-state index contributed by atoms with van der Waals surface area (Å²) in [7, 11) is 0. The third-order valence-corrected chi connectivity index (χ3v) is 24.1. The topological polar surface area (TPSA) is 35.5 Å². The van der Waals surface area contributed by atoms with Gasteiger partial charge in [0.2, 0.25) is 0 Å². The van der Waals surface area contributed by atoms with Crippen molar-refractivity contribution in [1.29, 1.82) is 0 Å². The molecule has 2 aliphatic carbocycles. The molecule has 2 aliphatic rings. The van der Waals surface area contributed by atoms with Crippen LogP contribution in [0, 0.1) is 11.6 Å². The summed E-state index contributed by atoms with van der Waals surface area (Å²) in [6, 6.07) is 38.0. The first-order valence-corrected chi connectivity index (χ1v) is 40.7. The van der Waals surface area contributed by atoms with E-state index in [1.165, 1.54) is 119 Å². The van der Waals surface area contributed by atoms with E-state index in [4.69, 9.17) is 9.47 Å². The Balaban J connectivity index is 1.17. The van der Waals surface area contributed by atoms with Crippen LogP contribution in [0.25, 0.3) is 44.5 Å². The summed E-state index contributed by atoms with van der Waals surface area (Å²) in [6.45, 7) is 25.4. The van der Waals surface area contributed by atoms with Gasteiger partial charge in [0.15, 0.2) is 0 Å². The predicted octanol–water partition coefficient (Wildman–Crippen LogP) is 27.0. The minimum absolute atomic E-state index is 0.0161. The maximum Gasteiger partial charge on any atom is 0.305 e. The van der Waals surface area contributed by atoms with E-state index in [0.29, 0.717) is 30.8 Å². The largest absolute Gasteiger partial charge is 0.494 e. The molecule has 0 aromatic heterocycles. The molecule has 0 saturated heterocycles. The van der Waals surface area contributed by atoms with Gasteiger partial charge in [-0.3, -0.25) is 4.79 Å². The summed E-state index contributed by atoms with van der Waals surface area (Å²) in [4.78, 5) is 11.9. The number of ether oxygens (including phenoxy) is 2. The second-order valence-corrected chi connectivity index (χ2v) is 33.9. The van der Waals surface area contributed by atoms with Crippen LogP contribution in [0.3, 0.4) is 0 Å². The van der Waals surface area contributed by atoms with Crippen LogP contribution in [0.2, 0.25) is 0 Å². The lowest BCUT2D eigenvalue weighted by atomic mass is 9.60. The molecule has 94 heavy (non-hydrogen) atoms. The molecule has 6 aromatic carbocycles. The highest BCUT2D eigenvalue weighted by Crippen LogP contribution is 2.59. The van der Waals surface area contributed by atoms with Crippen LogP contribution >= 0.6 is 63.7 Å². The fourth-order valence-corrected chi connectivity index (χ4v) is 17.0. The number of hydrogen-bond donors (Lipinski definition) is 0. The van der Waals surface area contributed by atoms with Crippen LogP contribution in [0.1, 0.15) is 281 Å². The van der Waals surface area contributed by atoms with Gasteiger partial charge < -0.3 is 9.47 Å². The molecule has 0 heterocycles. The lowest BCUT2D eigenvalue weighted by molar-refractivity contribution is -0.143. The molecular formula is C85H112Br4F2O3. The van der Waals surface area contributed by atoms with Gasteiger partial charge in [-0.1, -0.05) is 290 Å². The predicted molar refractivity (Wildman–Crippen MR) is 412 cm³/mol. The number of hydrogen-bond acceptors (Lipinski definition) is 3. The van der Waals surface area contributed by atoms with E-state index in [1.807, 2.05) is 13.0 Å². The summed E-state index contributed by atoms with van der Waals surface area (Å²) in [5.41, 5.74) is 16.1. The molecule has 0 atom stereocenters. The zero-order valence-corrected chi connectivity index (χ0v) is 65.6. The molecule has 0 N–H and O–H groups in total. The Morgan fingerprint density at radius 3 is 1.31 bits per heavy atom. The van der Waals surface area contributed by atoms with Crippen LogP contribution in [0.4, 0.5) is 8.78 Å². The number of rotatable bonds is 38. The molecule has 8 rings (SSSR count). The van der Waals surface area contributed by atoms with Gasteiger partial charge in [0, 0.05) is 49.5 Å². The molecule has 6 aromatic rings. The van der Waals surface area contributed by atoms with Crippen molar-refractivity contribution in [3.8, 4) is 50.3 Å². The monoisotopic (exact) mass is 1530 g/mol. The second-order valence-electron chi connectivity index (χ2n) is 30.7. The molecule has 9 heteroatoms. The van der Waals surface area contributed by atoms with E-state index < -0.39 is 10.8 Å². The standard InChI is InChI=1S/C85H112Br4F2O3/c1-12-93-79(92)33-23-13-22-32-50-94-66-52-62(51-65(55-66)81(5,6)7)60-34-38-67-70-41-37-64(57-75(70)84(72(67)53-60,42-24-14-18-28-46-86)43-25-15-19-29-47-87)82(8,9)83(10,11)76-59-77(90)71(58-78(76)91)61-35-39-68-69-40-36-63(80(2,3)4)56-74(69)85(73(68)54-61,44-26-16-20-30-48-88)45-27-17-21-31-49-89/h34-41,51-59H,12-33,42-50H2,1-11H3. The highest BCUT2D eigenvalue weighted by atomic mass is 79.9. The fourth-order valence-electron chi connectivity index (χ4n) is 15.4. The van der Waals surface area contributed by atoms with Crippen LogP contribution in [-0.4, -0.2) is 40.5 Å². The van der Waals surface area contributed by atoms with Crippen LogP contribution in [-0.2, 0) is 42.0 Å². The minimum atomic E-state index is -0.831. The van der Waals surface area contributed by atoms with Crippen molar-refractivity contribution in [1.82, 2.24) is 0 Å². The van der Waals surface area contributed by atoms with Crippen molar-refractivity contribution in [3.05, 3.63) is 159 Å². The Hall–Kier alpha value is -3.63. The Morgan fingerprint density at radius 1 is 0.394 bits per heavy atom. The lowest BCUT2D eigenvalue weighted by Crippen LogP contribution is -2.41. The van der Waals surface area contributed by atoms with Gasteiger partial charge in [-0.15, -0.1) is 0 Å². The molecule has 512 valence electrons. The minimum Gasteiger partial charge on any atom is -0.494 e. The molecular weight excluding hydrogens is 1430 g/mol. The fraction of sp³-hybridized carbons (Fsp3) is 0.565. The Kier molecular flexibility index (Phi) is 27.9. The number of esters is 1. The highest BCUT2D eigenvalue weighted by molar-refractivity contribution is 9.09. The van der Waals surface area contributed by atoms with E-state index in [1.54, 1.807) is 6.07 Å². The zero-order chi connectivity index (χ0) is 67.9. The summed E-state index contributed by atoms with van der Waals surface area (Å²) < 4.78 is 47.3. The van der Waals surface area contributed by atoms with Crippen LogP contribution in [0.15, 0.2) is 103 Å². The van der Waals surface area contributed by atoms with Gasteiger partial charge in [0.05, 0.1) is 13.2 Å². The number of carbonyl (C=O) groups excluding carboxylic acids is 1. The van der Waals surface area contributed by atoms with Crippen LogP contribution in [0.5, 0.6) is 5.75 Å². The number of unbranched alkanes of at least 4 members (excludes halogenated alkanes) is 15. The maximum absolute atomic E-state index is 17.8. The highest BCUT2D eigenvalue weighted by Gasteiger charge is 2.47. The molecule has 0 aliphatic heterocycles. The Labute approximate surface area is 601 Å². The van der Waals surface area contributed by atoms with Crippen molar-refractivity contribution in [2.24, 2.45) is 0 Å². The Morgan fingerprint density at radius 2 is 0.819 bits per heavy atom. The van der Waals surface area contributed by atoms with Crippen molar-refractivity contribution in [2.75, 3.05) is 34.5 Å². The van der Waals surface area contributed by atoms with E-state index in [-0.39, 0.29) is 39.3 Å². The van der Waals surface area contributed by atoms with Gasteiger partial charge in [0.25, 0.3) is 0 Å². The summed E-state index contributed by atoms with van der Waals surface area (Å²) >= 11 is 14.8. The molecule has 0 bridgehead atoms. The normalized spacial score (nSPS) is 14.1. The quantitative estimate of drug-likeness (QED) is 0.0220. The lowest BCUT2D eigenvalue weighted by Gasteiger charge is -2.44. The van der Waals surface area contributed by atoms with Crippen molar-refractivity contribution < 1.29 is 23.0 Å². The number of benzene rings is 6. The summed E-state index contributed by atoms with van der Waals surface area (Å²) in [5.74, 6) is 0.0204. The zero-order valence-electron chi connectivity index (χ0n) is 59.2. The first-order valence-electron chi connectivity index (χ1n) is 36.2. The molecule has 0 fully saturated rings. The summed E-state index contributed by atoms with van der Waals surface area (Å²) in [6.07, 6.45) is 26.8. The van der Waals surface area contributed by atoms with E-state index in [0.717, 1.165) is 146 Å². The molecule has 0 unspecified atom stereocenters. The van der Waals surface area contributed by atoms with Crippen molar-refractivity contribution in [2.45, 2.75) is 269 Å². The van der Waals surface area contributed by atoms with E-state index in [9.17, 15) is 4.79 Å². The summed E-state index contributed by atoms with van der Waals surface area (Å²) in [5, 5.41) is 4.06. The first-order chi connectivity index (χ1) is 44.9. The SMILES string of the molecule is CCOC(=O)CCCCCCOc1cc(-c2ccc3c(c2)C(CCCCCCBr)(CCCCCCBr)c2cc(C(C)(C)C(C)(C)c4cc(F)c(-c5ccc6c(c5)C(CCCCCCBr)(CCCCCCBr)c5cc(C(C)(C)C)ccc5-6)cc4F)ccc2-3)cc(C(C)(C)C)c1. The average Bonchev–Trinajstić information content (AvgIpc) is 1.55. The average molecular weight is 1540 g/mol. The van der Waals surface area contributed by atoms with Crippen LogP contribution < -0.4 is 4.74 Å². The molecule has 0 spiro atoms. The van der Waals surface area contributed by atoms with Gasteiger partial charge in [-0.05, 0) is 207 Å². The second kappa shape index (κ2) is 34.4. The molecule has 3 nitrogen and oxygen atoms in total. The van der Waals surface area contributed by atoms with E-state index in [2.05, 4.69) is 218 Å². The third kappa shape index (κ3) is 17.9. The molecule has 0 saturated carbocycles. The maximum atomic E-state index is 17.8. The van der Waals surface area contributed by atoms with E-state index >= 15 is 8.78 Å². The van der Waals surface area contributed by atoms with Gasteiger partial charge in [-0.25, -0.2) is 8.78 Å². The van der Waals surface area contributed by atoms with Crippen molar-refractivity contribution >= 4 is 69.7 Å². The molecule has 0 amide bonds. The smallest absolute Gasteiger partial charge is 0.305 e. The Bertz CT molecular complexity index is 3430. The third-order valence-electron chi connectivity index (χ3n) is 21.8. The van der Waals surface area contributed by atoms with Gasteiger partial charge >= 0.3 is 5.97 Å². The van der Waals surface area contributed by atoms with Crippen molar-refractivity contribution in [3.63, 3.8) is 0 Å². The first kappa shape index (κ1) is 76.1. The molecule has 0 radical (unpaired) electrons. The number of alkyl halides is 4. The van der Waals surface area contributed by atoms with Gasteiger partial charge in [0.1, 0.15) is 17.4 Å².